The zero-order valence-electron chi connectivity index (χ0n) is 10.1. The van der Waals surface area contributed by atoms with Crippen molar-refractivity contribution >= 4 is 34.7 Å². The summed E-state index contributed by atoms with van der Waals surface area (Å²) in [7, 11) is 0. The minimum atomic E-state index is -0.376. The summed E-state index contributed by atoms with van der Waals surface area (Å²) in [5.41, 5.74) is 0.606. The lowest BCUT2D eigenvalue weighted by Gasteiger charge is -2.29. The molecular weight excluding hydrogens is 272 g/mol. The molecule has 0 aliphatic carbocycles. The van der Waals surface area contributed by atoms with Crippen molar-refractivity contribution in [3.63, 3.8) is 0 Å². The normalized spacial score (nSPS) is 23.7. The molecule has 0 radical (unpaired) electrons. The first-order chi connectivity index (χ1) is 8.58. The first-order valence-corrected chi connectivity index (χ1v) is 7.32. The topological polar surface area (TPSA) is 55.2 Å². The van der Waals surface area contributed by atoms with Gasteiger partial charge in [-0.1, -0.05) is 18.5 Å². The van der Waals surface area contributed by atoms with Crippen LogP contribution in [0.2, 0.25) is 5.02 Å². The average molecular weight is 287 g/mol. The van der Waals surface area contributed by atoms with Crippen LogP contribution in [0.3, 0.4) is 0 Å². The number of nitro groups is 1. The van der Waals surface area contributed by atoms with Crippen molar-refractivity contribution < 1.29 is 4.92 Å². The molecule has 0 saturated carbocycles. The van der Waals surface area contributed by atoms with Gasteiger partial charge in [-0.3, -0.25) is 10.1 Å². The molecule has 2 rings (SSSR count). The lowest BCUT2D eigenvalue weighted by Crippen LogP contribution is -2.32. The van der Waals surface area contributed by atoms with Crippen LogP contribution in [0.4, 0.5) is 11.4 Å². The van der Waals surface area contributed by atoms with Gasteiger partial charge in [0.1, 0.15) is 5.69 Å². The Kier molecular flexibility index (Phi) is 4.35. The number of hydrogen-bond acceptors (Lipinski definition) is 4. The summed E-state index contributed by atoms with van der Waals surface area (Å²) >= 11 is 7.81. The molecule has 0 bridgehead atoms. The molecular formula is C12H15ClN2O2S. The third-order valence-electron chi connectivity index (χ3n) is 3.10. The third-order valence-corrected chi connectivity index (χ3v) is 4.72. The first kappa shape index (κ1) is 13.5. The van der Waals surface area contributed by atoms with Crippen molar-refractivity contribution in [2.45, 2.75) is 31.1 Å². The molecule has 98 valence electrons. The second-order valence-corrected chi connectivity index (χ2v) is 6.31. The summed E-state index contributed by atoms with van der Waals surface area (Å²) in [4.78, 5) is 10.6. The molecule has 6 heteroatoms. The van der Waals surface area contributed by atoms with Gasteiger partial charge in [0.25, 0.3) is 5.69 Å². The van der Waals surface area contributed by atoms with Gasteiger partial charge in [0.05, 0.1) is 4.92 Å². The van der Waals surface area contributed by atoms with E-state index in [9.17, 15) is 10.1 Å². The molecule has 4 nitrogen and oxygen atoms in total. The van der Waals surface area contributed by atoms with Crippen molar-refractivity contribution in [1.82, 2.24) is 0 Å². The maximum atomic E-state index is 11.0. The number of hydrogen-bond donors (Lipinski definition) is 1. The van der Waals surface area contributed by atoms with Crippen LogP contribution in [0.25, 0.3) is 0 Å². The Bertz CT molecular complexity index is 456. The van der Waals surface area contributed by atoms with Crippen molar-refractivity contribution in [2.24, 2.45) is 0 Å². The number of thioether (sulfide) groups is 1. The Labute approximate surface area is 115 Å². The van der Waals surface area contributed by atoms with Crippen LogP contribution < -0.4 is 5.32 Å². The van der Waals surface area contributed by atoms with Crippen molar-refractivity contribution in [2.75, 3.05) is 11.1 Å². The number of halogens is 1. The number of rotatable bonds is 3. The Morgan fingerprint density at radius 2 is 2.33 bits per heavy atom. The van der Waals surface area contributed by atoms with Crippen LogP contribution in [0, 0.1) is 10.1 Å². The lowest BCUT2D eigenvalue weighted by molar-refractivity contribution is -0.384. The molecule has 1 fully saturated rings. The van der Waals surface area contributed by atoms with E-state index in [0.717, 1.165) is 18.6 Å². The van der Waals surface area contributed by atoms with Crippen LogP contribution in [0.5, 0.6) is 0 Å². The zero-order valence-corrected chi connectivity index (χ0v) is 11.6. The van der Waals surface area contributed by atoms with Crippen LogP contribution in [0.15, 0.2) is 18.2 Å². The zero-order chi connectivity index (χ0) is 13.1. The van der Waals surface area contributed by atoms with Gasteiger partial charge >= 0.3 is 0 Å². The number of nitrogens with one attached hydrogen (secondary N) is 1. The summed E-state index contributed by atoms with van der Waals surface area (Å²) in [5.74, 6) is 1.16. The van der Waals surface area contributed by atoms with Crippen LogP contribution in [-0.2, 0) is 0 Å². The quantitative estimate of drug-likeness (QED) is 0.675. The number of nitrogens with zero attached hydrogens (tertiary/aromatic N) is 1. The number of anilines is 1. The van der Waals surface area contributed by atoms with Gasteiger partial charge in [-0.05, 0) is 30.7 Å². The van der Waals surface area contributed by atoms with Gasteiger partial charge in [0.15, 0.2) is 0 Å². The molecule has 18 heavy (non-hydrogen) atoms. The second kappa shape index (κ2) is 5.80. The molecule has 1 saturated heterocycles. The monoisotopic (exact) mass is 286 g/mol. The number of nitro benzene ring substituents is 1. The molecule has 1 N–H and O–H groups in total. The van der Waals surface area contributed by atoms with Gasteiger partial charge < -0.3 is 5.32 Å². The van der Waals surface area contributed by atoms with Gasteiger partial charge in [0.2, 0.25) is 0 Å². The van der Waals surface area contributed by atoms with Crippen molar-refractivity contribution in [3.8, 4) is 0 Å². The SMILES string of the molecule is CC1SCCCC1Nc1cc(Cl)ccc1[N+](=O)[O-]. The van der Waals surface area contributed by atoms with E-state index in [1.54, 1.807) is 12.1 Å². The molecule has 2 atom stereocenters. The summed E-state index contributed by atoms with van der Waals surface area (Å²) in [6, 6.07) is 4.89. The van der Waals surface area contributed by atoms with Crippen molar-refractivity contribution in [1.29, 1.82) is 0 Å². The second-order valence-electron chi connectivity index (χ2n) is 4.39. The van der Waals surface area contributed by atoms with Crippen LogP contribution in [-0.4, -0.2) is 22.0 Å². The standard InChI is InChI=1S/C12H15ClN2O2S/c1-8-10(3-2-6-18-8)14-11-7-9(13)4-5-12(11)15(16)17/h4-5,7-8,10,14H,2-3,6H2,1H3. The largest absolute Gasteiger partial charge is 0.376 e. The predicted molar refractivity (Wildman–Crippen MR) is 76.7 cm³/mol. The van der Waals surface area contributed by atoms with E-state index in [1.807, 2.05) is 11.8 Å². The van der Waals surface area contributed by atoms with Crippen molar-refractivity contribution in [3.05, 3.63) is 33.3 Å². The van der Waals surface area contributed by atoms with E-state index in [1.165, 1.54) is 6.07 Å². The Morgan fingerprint density at radius 3 is 3.00 bits per heavy atom. The highest BCUT2D eigenvalue weighted by Crippen LogP contribution is 2.32. The molecule has 0 amide bonds. The highest BCUT2D eigenvalue weighted by molar-refractivity contribution is 8.00. The van der Waals surface area contributed by atoms with Gasteiger partial charge in [-0.15, -0.1) is 0 Å². The highest BCUT2D eigenvalue weighted by atomic mass is 35.5. The number of benzene rings is 1. The molecule has 0 aromatic heterocycles. The molecule has 1 aromatic rings. The van der Waals surface area contributed by atoms with E-state index in [-0.39, 0.29) is 16.7 Å². The fourth-order valence-electron chi connectivity index (χ4n) is 2.10. The summed E-state index contributed by atoms with van der Waals surface area (Å²) in [6.45, 7) is 2.15. The van der Waals surface area contributed by atoms with Gasteiger partial charge in [-0.25, -0.2) is 0 Å². The van der Waals surface area contributed by atoms with E-state index in [4.69, 9.17) is 11.6 Å². The summed E-state index contributed by atoms with van der Waals surface area (Å²) in [5, 5.41) is 15.2. The minimum Gasteiger partial charge on any atom is -0.376 e. The van der Waals surface area contributed by atoms with Crippen LogP contribution >= 0.6 is 23.4 Å². The third kappa shape index (κ3) is 3.09. The molecule has 1 aliphatic rings. The molecule has 0 spiro atoms. The maximum Gasteiger partial charge on any atom is 0.292 e. The highest BCUT2D eigenvalue weighted by Gasteiger charge is 2.24. The molecule has 1 aliphatic heterocycles. The van der Waals surface area contributed by atoms with Gasteiger partial charge in [0, 0.05) is 22.4 Å². The summed E-state index contributed by atoms with van der Waals surface area (Å²) in [6.07, 6.45) is 2.18. The Balaban J connectivity index is 2.21. The fraction of sp³-hybridized carbons (Fsp3) is 0.500. The Hall–Kier alpha value is -0.940. The lowest BCUT2D eigenvalue weighted by atomic mass is 10.1. The molecule has 2 unspecified atom stereocenters. The van der Waals surface area contributed by atoms with E-state index < -0.39 is 0 Å². The van der Waals surface area contributed by atoms with Crippen LogP contribution in [0.1, 0.15) is 19.8 Å². The van der Waals surface area contributed by atoms with Gasteiger partial charge in [-0.2, -0.15) is 11.8 Å². The smallest absolute Gasteiger partial charge is 0.292 e. The Morgan fingerprint density at radius 1 is 1.56 bits per heavy atom. The molecule has 1 aromatic carbocycles. The maximum absolute atomic E-state index is 11.0. The summed E-state index contributed by atoms with van der Waals surface area (Å²) < 4.78 is 0. The molecule has 1 heterocycles. The first-order valence-electron chi connectivity index (χ1n) is 5.90. The predicted octanol–water partition coefficient (Wildman–Crippen LogP) is 3.94. The minimum absolute atomic E-state index is 0.0853. The fourth-order valence-corrected chi connectivity index (χ4v) is 3.41. The van der Waals surface area contributed by atoms with E-state index in [0.29, 0.717) is 16.0 Å². The van der Waals surface area contributed by atoms with E-state index in [2.05, 4.69) is 12.2 Å². The average Bonchev–Trinajstić information content (AvgIpc) is 2.32. The van der Waals surface area contributed by atoms with E-state index >= 15 is 0 Å².